The minimum atomic E-state index is -0.181. The van der Waals surface area contributed by atoms with E-state index < -0.39 is 0 Å². The number of hydrogen-bond acceptors (Lipinski definition) is 3. The van der Waals surface area contributed by atoms with Crippen LogP contribution in [0.2, 0.25) is 0 Å². The van der Waals surface area contributed by atoms with Crippen LogP contribution in [0.5, 0.6) is 5.75 Å². The first kappa shape index (κ1) is 17.6. The van der Waals surface area contributed by atoms with Crippen LogP contribution in [0.1, 0.15) is 68.9 Å². The molecule has 5 aliphatic rings. The van der Waals surface area contributed by atoms with Crippen molar-refractivity contribution >= 4 is 11.7 Å². The second-order valence-corrected chi connectivity index (χ2v) is 10.0. The first-order valence-corrected chi connectivity index (χ1v) is 11.1. The lowest BCUT2D eigenvalue weighted by Crippen LogP contribution is -2.51. The summed E-state index contributed by atoms with van der Waals surface area (Å²) in [5.74, 6) is 3.20. The minimum Gasteiger partial charge on any atom is -0.426 e. The van der Waals surface area contributed by atoms with Crippen molar-refractivity contribution in [1.82, 2.24) is 0 Å². The van der Waals surface area contributed by atoms with Crippen molar-refractivity contribution in [1.29, 1.82) is 0 Å². The Bertz CT molecular complexity index is 688. The molecule has 6 rings (SSSR count). The molecule has 0 spiro atoms. The topological polar surface area (TPSA) is 29.5 Å². The molecule has 3 heteroatoms. The molecular formula is C24H33NO2. The van der Waals surface area contributed by atoms with E-state index in [1.54, 1.807) is 0 Å². The zero-order chi connectivity index (χ0) is 18.6. The van der Waals surface area contributed by atoms with Gasteiger partial charge in [-0.3, -0.25) is 4.79 Å². The molecular weight excluding hydrogens is 334 g/mol. The number of rotatable bonds is 3. The van der Waals surface area contributed by atoms with E-state index in [1.807, 2.05) is 0 Å². The fraction of sp³-hybridized carbons (Fsp3) is 0.708. The Morgan fingerprint density at radius 1 is 0.926 bits per heavy atom. The molecule has 0 unspecified atom stereocenters. The first-order chi connectivity index (χ1) is 13.0. The van der Waals surface area contributed by atoms with Crippen LogP contribution in [-0.4, -0.2) is 19.1 Å². The molecule has 0 radical (unpaired) electrons. The van der Waals surface area contributed by atoms with Crippen molar-refractivity contribution in [3.63, 3.8) is 0 Å². The summed E-state index contributed by atoms with van der Waals surface area (Å²) in [7, 11) is 0. The Balaban J connectivity index is 1.37. The summed E-state index contributed by atoms with van der Waals surface area (Å²) in [6, 6.07) is 4.45. The molecule has 1 saturated heterocycles. The predicted octanol–water partition coefficient (Wildman–Crippen LogP) is 5.42. The van der Waals surface area contributed by atoms with Gasteiger partial charge >= 0.3 is 5.97 Å². The molecule has 0 amide bonds. The lowest BCUT2D eigenvalue weighted by Gasteiger charge is -2.55. The molecule has 4 bridgehead atoms. The quantitative estimate of drug-likeness (QED) is 0.528. The highest BCUT2D eigenvalue weighted by molar-refractivity contribution is 5.80. The lowest BCUT2D eigenvalue weighted by molar-refractivity contribution is -0.161. The standard InChI is InChI=1S/C24H33NO2/c1-16-8-21(25-6-4-3-5-7-25)9-17(2)22(16)27-23(26)24-13-18-10-19(14-24)12-20(11-18)15-24/h8-9,18-20H,3-7,10-15H2,1-2H3. The third-order valence-corrected chi connectivity index (χ3v) is 7.83. The van der Waals surface area contributed by atoms with E-state index >= 15 is 0 Å². The summed E-state index contributed by atoms with van der Waals surface area (Å²) in [5.41, 5.74) is 3.32. The number of piperidine rings is 1. The highest BCUT2D eigenvalue weighted by Gasteiger charge is 2.55. The molecule has 4 saturated carbocycles. The molecule has 1 aliphatic heterocycles. The molecule has 0 N–H and O–H groups in total. The van der Waals surface area contributed by atoms with E-state index in [1.165, 1.54) is 44.2 Å². The SMILES string of the molecule is Cc1cc(N2CCCCC2)cc(C)c1OC(=O)C12CC3CC(CC(C3)C1)C2. The second kappa shape index (κ2) is 6.53. The third-order valence-electron chi connectivity index (χ3n) is 7.83. The number of carbonyl (C=O) groups excluding carboxylic acids is 1. The molecule has 1 heterocycles. The van der Waals surface area contributed by atoms with Gasteiger partial charge in [0.25, 0.3) is 0 Å². The van der Waals surface area contributed by atoms with E-state index in [0.29, 0.717) is 0 Å². The maximum atomic E-state index is 13.3. The van der Waals surface area contributed by atoms with Gasteiger partial charge in [-0.2, -0.15) is 0 Å². The summed E-state index contributed by atoms with van der Waals surface area (Å²) < 4.78 is 6.15. The Morgan fingerprint density at radius 2 is 1.44 bits per heavy atom. The van der Waals surface area contributed by atoms with Gasteiger partial charge in [-0.25, -0.2) is 0 Å². The molecule has 0 aromatic heterocycles. The van der Waals surface area contributed by atoms with Gasteiger partial charge in [0.2, 0.25) is 0 Å². The van der Waals surface area contributed by atoms with E-state index in [2.05, 4.69) is 30.9 Å². The van der Waals surface area contributed by atoms with E-state index in [9.17, 15) is 4.79 Å². The van der Waals surface area contributed by atoms with Crippen molar-refractivity contribution in [3.05, 3.63) is 23.3 Å². The molecule has 1 aromatic rings. The smallest absolute Gasteiger partial charge is 0.317 e. The van der Waals surface area contributed by atoms with Gasteiger partial charge < -0.3 is 9.64 Å². The van der Waals surface area contributed by atoms with Gasteiger partial charge in [0, 0.05) is 18.8 Å². The number of ether oxygens (including phenoxy) is 1. The maximum absolute atomic E-state index is 13.3. The van der Waals surface area contributed by atoms with Crippen LogP contribution in [0.15, 0.2) is 12.1 Å². The predicted molar refractivity (Wildman–Crippen MR) is 108 cm³/mol. The zero-order valence-electron chi connectivity index (χ0n) is 16.9. The van der Waals surface area contributed by atoms with E-state index in [-0.39, 0.29) is 11.4 Å². The maximum Gasteiger partial charge on any atom is 0.317 e. The molecule has 4 aliphatic carbocycles. The molecule has 1 aromatic carbocycles. The molecule has 5 fully saturated rings. The normalized spacial score (nSPS) is 34.7. The Labute approximate surface area is 163 Å². The number of aryl methyl sites for hydroxylation is 2. The highest BCUT2D eigenvalue weighted by Crippen LogP contribution is 2.60. The van der Waals surface area contributed by atoms with E-state index in [4.69, 9.17) is 4.74 Å². The molecule has 146 valence electrons. The summed E-state index contributed by atoms with van der Waals surface area (Å²) >= 11 is 0. The van der Waals surface area contributed by atoms with Gasteiger partial charge in [-0.15, -0.1) is 0 Å². The Hall–Kier alpha value is -1.51. The molecule has 27 heavy (non-hydrogen) atoms. The van der Waals surface area contributed by atoms with Crippen molar-refractivity contribution in [2.24, 2.45) is 23.2 Å². The second-order valence-electron chi connectivity index (χ2n) is 10.0. The fourth-order valence-electron chi connectivity index (χ4n) is 6.98. The van der Waals surface area contributed by atoms with Crippen LogP contribution in [0, 0.1) is 37.0 Å². The van der Waals surface area contributed by atoms with Crippen LogP contribution in [0.3, 0.4) is 0 Å². The lowest BCUT2D eigenvalue weighted by atomic mass is 9.49. The third kappa shape index (κ3) is 3.07. The van der Waals surface area contributed by atoms with Crippen molar-refractivity contribution in [3.8, 4) is 5.75 Å². The average molecular weight is 368 g/mol. The van der Waals surface area contributed by atoms with Gasteiger partial charge in [-0.05, 0) is 113 Å². The van der Waals surface area contributed by atoms with Crippen molar-refractivity contribution in [2.75, 3.05) is 18.0 Å². The van der Waals surface area contributed by atoms with Crippen LogP contribution in [0.25, 0.3) is 0 Å². The van der Waals surface area contributed by atoms with Gasteiger partial charge in [0.15, 0.2) is 0 Å². The summed E-state index contributed by atoms with van der Waals surface area (Å²) in [4.78, 5) is 15.8. The van der Waals surface area contributed by atoms with Gasteiger partial charge in [-0.1, -0.05) is 0 Å². The highest BCUT2D eigenvalue weighted by atomic mass is 16.5. The number of nitrogens with zero attached hydrogens (tertiary/aromatic N) is 1. The van der Waals surface area contributed by atoms with Crippen LogP contribution < -0.4 is 9.64 Å². The number of carbonyl (C=O) groups is 1. The Kier molecular flexibility index (Phi) is 4.25. The number of anilines is 1. The largest absolute Gasteiger partial charge is 0.426 e. The Morgan fingerprint density at radius 3 is 1.96 bits per heavy atom. The van der Waals surface area contributed by atoms with Crippen LogP contribution in [-0.2, 0) is 4.79 Å². The monoisotopic (exact) mass is 367 g/mol. The number of hydrogen-bond donors (Lipinski definition) is 0. The summed E-state index contributed by atoms with van der Waals surface area (Å²) in [5, 5.41) is 0. The molecule has 0 atom stereocenters. The fourth-order valence-corrected chi connectivity index (χ4v) is 6.98. The average Bonchev–Trinajstić information content (AvgIpc) is 2.64. The van der Waals surface area contributed by atoms with Gasteiger partial charge in [0.1, 0.15) is 5.75 Å². The molecule has 3 nitrogen and oxygen atoms in total. The van der Waals surface area contributed by atoms with E-state index in [0.717, 1.165) is 67.0 Å². The van der Waals surface area contributed by atoms with Crippen molar-refractivity contribution in [2.45, 2.75) is 71.6 Å². The van der Waals surface area contributed by atoms with Gasteiger partial charge in [0.05, 0.1) is 5.41 Å². The first-order valence-electron chi connectivity index (χ1n) is 11.1. The van der Waals surface area contributed by atoms with Crippen molar-refractivity contribution < 1.29 is 9.53 Å². The number of benzene rings is 1. The van der Waals surface area contributed by atoms with Crippen LogP contribution >= 0.6 is 0 Å². The van der Waals surface area contributed by atoms with Crippen LogP contribution in [0.4, 0.5) is 5.69 Å². The number of esters is 1. The summed E-state index contributed by atoms with van der Waals surface area (Å²) in [6.07, 6.45) is 11.2. The zero-order valence-corrected chi connectivity index (χ0v) is 16.9. The minimum absolute atomic E-state index is 0.0681. The summed E-state index contributed by atoms with van der Waals surface area (Å²) in [6.45, 7) is 6.49.